The van der Waals surface area contributed by atoms with Gasteiger partial charge in [0.25, 0.3) is 0 Å². The minimum Gasteiger partial charge on any atom is -0.481 e. The molecular formula is C13H23NO4. The highest BCUT2D eigenvalue weighted by atomic mass is 16.5. The Kier molecular flexibility index (Phi) is 5.59. The third kappa shape index (κ3) is 3.98. The van der Waals surface area contributed by atoms with Gasteiger partial charge in [-0.15, -0.1) is 0 Å². The number of aliphatic carboxylic acids is 1. The van der Waals surface area contributed by atoms with Gasteiger partial charge in [-0.25, -0.2) is 0 Å². The van der Waals surface area contributed by atoms with Crippen LogP contribution in [-0.4, -0.2) is 48.7 Å². The SMILES string of the molecule is CC(CN(C)C(=O)C(C)C1CCOCC1)C(=O)O. The van der Waals surface area contributed by atoms with Crippen LogP contribution in [0.1, 0.15) is 26.7 Å². The van der Waals surface area contributed by atoms with Crippen molar-refractivity contribution in [3.63, 3.8) is 0 Å². The van der Waals surface area contributed by atoms with Crippen LogP contribution < -0.4 is 0 Å². The highest BCUT2D eigenvalue weighted by Crippen LogP contribution is 2.25. The Balaban J connectivity index is 2.48. The van der Waals surface area contributed by atoms with E-state index in [0.717, 1.165) is 26.1 Å². The van der Waals surface area contributed by atoms with Gasteiger partial charge >= 0.3 is 5.97 Å². The van der Waals surface area contributed by atoms with Crippen molar-refractivity contribution in [1.82, 2.24) is 4.90 Å². The summed E-state index contributed by atoms with van der Waals surface area (Å²) in [6.45, 7) is 5.25. The first-order valence-corrected chi connectivity index (χ1v) is 6.49. The van der Waals surface area contributed by atoms with Crippen molar-refractivity contribution in [2.45, 2.75) is 26.7 Å². The van der Waals surface area contributed by atoms with Crippen molar-refractivity contribution in [1.29, 1.82) is 0 Å². The van der Waals surface area contributed by atoms with E-state index in [0.29, 0.717) is 5.92 Å². The zero-order valence-corrected chi connectivity index (χ0v) is 11.4. The van der Waals surface area contributed by atoms with Crippen molar-refractivity contribution < 1.29 is 19.4 Å². The Morgan fingerprint density at radius 1 is 1.33 bits per heavy atom. The first-order valence-electron chi connectivity index (χ1n) is 6.49. The van der Waals surface area contributed by atoms with Gasteiger partial charge in [-0.05, 0) is 18.8 Å². The molecule has 0 radical (unpaired) electrons. The number of hydrogen-bond donors (Lipinski definition) is 1. The lowest BCUT2D eigenvalue weighted by Gasteiger charge is -2.30. The monoisotopic (exact) mass is 257 g/mol. The quantitative estimate of drug-likeness (QED) is 0.804. The minimum absolute atomic E-state index is 0.0370. The molecular weight excluding hydrogens is 234 g/mol. The number of rotatable bonds is 5. The maximum absolute atomic E-state index is 12.2. The number of carboxylic acid groups (broad SMARTS) is 1. The smallest absolute Gasteiger partial charge is 0.308 e. The molecule has 2 atom stereocenters. The number of hydrogen-bond acceptors (Lipinski definition) is 3. The predicted octanol–water partition coefficient (Wildman–Crippen LogP) is 1.23. The standard InChI is InChI=1S/C13H23NO4/c1-9(13(16)17)8-14(3)12(15)10(2)11-4-6-18-7-5-11/h9-11H,4-8H2,1-3H3,(H,16,17). The molecule has 18 heavy (non-hydrogen) atoms. The summed E-state index contributed by atoms with van der Waals surface area (Å²) in [7, 11) is 1.68. The zero-order chi connectivity index (χ0) is 13.7. The number of ether oxygens (including phenoxy) is 1. The van der Waals surface area contributed by atoms with Crippen LogP contribution in [0.15, 0.2) is 0 Å². The van der Waals surface area contributed by atoms with Gasteiger partial charge in [-0.2, -0.15) is 0 Å². The molecule has 1 heterocycles. The lowest BCUT2D eigenvalue weighted by Crippen LogP contribution is -2.40. The second kappa shape index (κ2) is 6.73. The van der Waals surface area contributed by atoms with E-state index in [9.17, 15) is 9.59 Å². The number of carboxylic acids is 1. The van der Waals surface area contributed by atoms with Crippen LogP contribution in [-0.2, 0) is 14.3 Å². The number of nitrogens with zero attached hydrogens (tertiary/aromatic N) is 1. The van der Waals surface area contributed by atoms with Crippen molar-refractivity contribution in [2.24, 2.45) is 17.8 Å². The summed E-state index contributed by atoms with van der Waals surface area (Å²) >= 11 is 0. The first kappa shape index (κ1) is 15.0. The van der Waals surface area contributed by atoms with Gasteiger partial charge in [0.1, 0.15) is 0 Å². The molecule has 0 aromatic carbocycles. The maximum Gasteiger partial charge on any atom is 0.308 e. The topological polar surface area (TPSA) is 66.8 Å². The van der Waals surface area contributed by atoms with Crippen LogP contribution >= 0.6 is 0 Å². The summed E-state index contributed by atoms with van der Waals surface area (Å²) in [5, 5.41) is 8.85. The molecule has 1 fully saturated rings. The molecule has 0 spiro atoms. The molecule has 1 rings (SSSR count). The van der Waals surface area contributed by atoms with Crippen LogP contribution in [0.2, 0.25) is 0 Å². The van der Waals surface area contributed by atoms with Crippen molar-refractivity contribution in [3.8, 4) is 0 Å². The fraction of sp³-hybridized carbons (Fsp3) is 0.846. The summed E-state index contributed by atoms with van der Waals surface area (Å²) in [6, 6.07) is 0. The number of carbonyl (C=O) groups is 2. The number of carbonyl (C=O) groups excluding carboxylic acids is 1. The third-order valence-corrected chi connectivity index (χ3v) is 3.71. The Bertz CT molecular complexity index is 299. The minimum atomic E-state index is -0.867. The summed E-state index contributed by atoms with van der Waals surface area (Å²) in [4.78, 5) is 24.5. The molecule has 5 heteroatoms. The molecule has 104 valence electrons. The van der Waals surface area contributed by atoms with Crippen LogP contribution in [0.3, 0.4) is 0 Å². The van der Waals surface area contributed by atoms with E-state index in [1.54, 1.807) is 18.9 Å². The van der Waals surface area contributed by atoms with Crippen LogP contribution in [0.25, 0.3) is 0 Å². The predicted molar refractivity (Wildman–Crippen MR) is 67.1 cm³/mol. The summed E-state index contributed by atoms with van der Waals surface area (Å²) < 4.78 is 5.28. The molecule has 2 unspecified atom stereocenters. The molecule has 1 amide bonds. The fourth-order valence-electron chi connectivity index (χ4n) is 2.34. The van der Waals surface area contributed by atoms with E-state index in [1.807, 2.05) is 6.92 Å². The highest BCUT2D eigenvalue weighted by Gasteiger charge is 2.29. The van der Waals surface area contributed by atoms with E-state index in [4.69, 9.17) is 9.84 Å². The Labute approximate surface area is 108 Å². The van der Waals surface area contributed by atoms with Crippen LogP contribution in [0.5, 0.6) is 0 Å². The average Bonchev–Trinajstić information content (AvgIpc) is 2.37. The fourth-order valence-corrected chi connectivity index (χ4v) is 2.34. The maximum atomic E-state index is 12.2. The van der Waals surface area contributed by atoms with Gasteiger partial charge in [0.15, 0.2) is 0 Å². The molecule has 0 aromatic rings. The molecule has 1 saturated heterocycles. The van der Waals surface area contributed by atoms with E-state index in [1.165, 1.54) is 0 Å². The number of amides is 1. The van der Waals surface area contributed by atoms with E-state index in [-0.39, 0.29) is 18.4 Å². The first-order chi connectivity index (χ1) is 8.43. The van der Waals surface area contributed by atoms with E-state index in [2.05, 4.69) is 0 Å². The second-order valence-corrected chi connectivity index (χ2v) is 5.20. The van der Waals surface area contributed by atoms with Crippen molar-refractivity contribution in [3.05, 3.63) is 0 Å². The molecule has 0 aromatic heterocycles. The largest absolute Gasteiger partial charge is 0.481 e. The Hall–Kier alpha value is -1.10. The lowest BCUT2D eigenvalue weighted by atomic mass is 9.86. The Morgan fingerprint density at radius 2 is 1.89 bits per heavy atom. The third-order valence-electron chi connectivity index (χ3n) is 3.71. The van der Waals surface area contributed by atoms with Gasteiger partial charge in [0.2, 0.25) is 5.91 Å². The van der Waals surface area contributed by atoms with Gasteiger partial charge in [0, 0.05) is 32.7 Å². The van der Waals surface area contributed by atoms with E-state index < -0.39 is 11.9 Å². The van der Waals surface area contributed by atoms with Gasteiger partial charge in [-0.3, -0.25) is 9.59 Å². The summed E-state index contributed by atoms with van der Waals surface area (Å²) in [5.74, 6) is -1.06. The average molecular weight is 257 g/mol. The molecule has 1 aliphatic rings. The van der Waals surface area contributed by atoms with Gasteiger partial charge < -0.3 is 14.7 Å². The molecule has 1 aliphatic heterocycles. The summed E-state index contributed by atoms with van der Waals surface area (Å²) in [5.41, 5.74) is 0. The van der Waals surface area contributed by atoms with Crippen molar-refractivity contribution >= 4 is 11.9 Å². The highest BCUT2D eigenvalue weighted by molar-refractivity contribution is 5.79. The van der Waals surface area contributed by atoms with E-state index >= 15 is 0 Å². The summed E-state index contributed by atoms with van der Waals surface area (Å²) in [6.07, 6.45) is 1.82. The molecule has 1 N–H and O–H groups in total. The molecule has 0 aliphatic carbocycles. The molecule has 5 nitrogen and oxygen atoms in total. The lowest BCUT2D eigenvalue weighted by molar-refractivity contribution is -0.144. The molecule has 0 saturated carbocycles. The Morgan fingerprint density at radius 3 is 2.39 bits per heavy atom. The van der Waals surface area contributed by atoms with Crippen LogP contribution in [0.4, 0.5) is 0 Å². The second-order valence-electron chi connectivity index (χ2n) is 5.20. The van der Waals surface area contributed by atoms with Gasteiger partial charge in [0.05, 0.1) is 5.92 Å². The molecule has 0 bridgehead atoms. The van der Waals surface area contributed by atoms with Crippen molar-refractivity contribution in [2.75, 3.05) is 26.8 Å². The van der Waals surface area contributed by atoms with Crippen LogP contribution in [0, 0.1) is 17.8 Å². The normalized spacial score (nSPS) is 20.2. The zero-order valence-electron chi connectivity index (χ0n) is 11.4. The van der Waals surface area contributed by atoms with Gasteiger partial charge in [-0.1, -0.05) is 13.8 Å².